The predicted octanol–water partition coefficient (Wildman–Crippen LogP) is 3.37. The van der Waals surface area contributed by atoms with Crippen LogP contribution in [0.2, 0.25) is 0 Å². The van der Waals surface area contributed by atoms with Gasteiger partial charge in [0, 0.05) is 12.6 Å². The summed E-state index contributed by atoms with van der Waals surface area (Å²) in [5.74, 6) is -0.584. The molecule has 0 aromatic heterocycles. The van der Waals surface area contributed by atoms with Gasteiger partial charge in [0.2, 0.25) is 0 Å². The minimum absolute atomic E-state index is 0.217. The van der Waals surface area contributed by atoms with Crippen molar-refractivity contribution >= 4 is 5.69 Å². The summed E-state index contributed by atoms with van der Waals surface area (Å²) in [6, 6.07) is 11.9. The lowest BCUT2D eigenvalue weighted by atomic mass is 10.1. The molecular formula is C16H17FN2O2. The van der Waals surface area contributed by atoms with Crippen LogP contribution in [0, 0.1) is 22.9 Å². The number of aryl methyl sites for hydroxylation is 1. The van der Waals surface area contributed by atoms with Gasteiger partial charge in [0.25, 0.3) is 5.69 Å². The Bertz CT molecular complexity index is 644. The maximum Gasteiger partial charge on any atom is 0.272 e. The molecule has 2 aromatic carbocycles. The fraction of sp³-hybridized carbons (Fsp3) is 0.250. The largest absolute Gasteiger partial charge is 0.312 e. The molecular weight excluding hydrogens is 271 g/mol. The van der Waals surface area contributed by atoms with Gasteiger partial charge in [-0.05, 0) is 37.1 Å². The van der Waals surface area contributed by atoms with Crippen molar-refractivity contribution in [2.45, 2.75) is 19.9 Å². The number of nitro benzene ring substituents is 1. The highest BCUT2D eigenvalue weighted by molar-refractivity contribution is 5.35. The Labute approximate surface area is 122 Å². The van der Waals surface area contributed by atoms with Crippen molar-refractivity contribution in [2.24, 2.45) is 0 Å². The molecule has 0 spiro atoms. The summed E-state index contributed by atoms with van der Waals surface area (Å²) in [5.41, 5.74) is 2.80. The number of halogens is 1. The molecule has 0 saturated carbocycles. The Hall–Kier alpha value is -2.27. The number of non-ortho nitro benzene ring substituents is 1. The fourth-order valence-electron chi connectivity index (χ4n) is 2.17. The molecule has 0 atom stereocenters. The van der Waals surface area contributed by atoms with Gasteiger partial charge in [0.1, 0.15) is 5.82 Å². The Kier molecular flexibility index (Phi) is 5.00. The minimum atomic E-state index is -0.584. The number of hydrogen-bond donors (Lipinski definition) is 1. The van der Waals surface area contributed by atoms with Gasteiger partial charge in [0.15, 0.2) is 0 Å². The van der Waals surface area contributed by atoms with E-state index in [9.17, 15) is 14.5 Å². The van der Waals surface area contributed by atoms with Gasteiger partial charge in [-0.1, -0.05) is 29.8 Å². The van der Waals surface area contributed by atoms with Crippen LogP contribution < -0.4 is 5.32 Å². The molecule has 0 heterocycles. The molecule has 0 amide bonds. The van der Waals surface area contributed by atoms with Crippen LogP contribution >= 0.6 is 0 Å². The van der Waals surface area contributed by atoms with Crippen LogP contribution in [0.25, 0.3) is 0 Å². The molecule has 0 radical (unpaired) electrons. The molecule has 0 aliphatic rings. The lowest BCUT2D eigenvalue weighted by molar-refractivity contribution is -0.385. The number of nitrogens with one attached hydrogen (secondary N) is 1. The molecule has 0 fully saturated rings. The van der Waals surface area contributed by atoms with Crippen LogP contribution in [0.1, 0.15) is 16.7 Å². The van der Waals surface area contributed by atoms with E-state index < -0.39 is 10.7 Å². The summed E-state index contributed by atoms with van der Waals surface area (Å²) in [5, 5.41) is 13.8. The Morgan fingerprint density at radius 1 is 1.19 bits per heavy atom. The third-order valence-corrected chi connectivity index (χ3v) is 3.16. The Morgan fingerprint density at radius 2 is 2.00 bits per heavy atom. The maximum atomic E-state index is 13.3. The summed E-state index contributed by atoms with van der Waals surface area (Å²) in [4.78, 5) is 10.1. The highest BCUT2D eigenvalue weighted by atomic mass is 19.1. The normalized spacial score (nSPS) is 10.6. The van der Waals surface area contributed by atoms with E-state index in [1.807, 2.05) is 19.1 Å². The van der Waals surface area contributed by atoms with Crippen LogP contribution in [0.5, 0.6) is 0 Å². The van der Waals surface area contributed by atoms with E-state index in [1.165, 1.54) is 23.3 Å². The average Bonchev–Trinajstić information content (AvgIpc) is 2.43. The molecule has 0 saturated heterocycles. The van der Waals surface area contributed by atoms with Crippen molar-refractivity contribution in [1.29, 1.82) is 0 Å². The number of benzene rings is 2. The van der Waals surface area contributed by atoms with Crippen LogP contribution in [0.3, 0.4) is 0 Å². The van der Waals surface area contributed by atoms with Crippen LogP contribution in [-0.4, -0.2) is 11.5 Å². The predicted molar refractivity (Wildman–Crippen MR) is 79.6 cm³/mol. The molecule has 5 heteroatoms. The number of nitro groups is 1. The number of nitrogens with zero attached hydrogens (tertiary/aromatic N) is 1. The minimum Gasteiger partial charge on any atom is -0.312 e. The third-order valence-electron chi connectivity index (χ3n) is 3.16. The first kappa shape index (κ1) is 15.1. The smallest absolute Gasteiger partial charge is 0.272 e. The highest BCUT2D eigenvalue weighted by Crippen LogP contribution is 2.16. The quantitative estimate of drug-likeness (QED) is 0.503. The Balaban J connectivity index is 1.87. The Morgan fingerprint density at radius 3 is 2.71 bits per heavy atom. The summed E-state index contributed by atoms with van der Waals surface area (Å²) in [6.45, 7) is 3.18. The molecule has 4 nitrogen and oxygen atoms in total. The second kappa shape index (κ2) is 6.95. The van der Waals surface area contributed by atoms with Crippen molar-refractivity contribution in [1.82, 2.24) is 5.32 Å². The first-order chi connectivity index (χ1) is 10.0. The van der Waals surface area contributed by atoms with E-state index in [-0.39, 0.29) is 5.69 Å². The number of rotatable bonds is 6. The van der Waals surface area contributed by atoms with Crippen molar-refractivity contribution in [2.75, 3.05) is 6.54 Å². The summed E-state index contributed by atoms with van der Waals surface area (Å²) in [7, 11) is 0. The molecule has 2 rings (SSSR count). The molecule has 110 valence electrons. The first-order valence-corrected chi connectivity index (χ1v) is 6.75. The average molecular weight is 288 g/mol. The highest BCUT2D eigenvalue weighted by Gasteiger charge is 2.09. The van der Waals surface area contributed by atoms with Crippen LogP contribution in [0.4, 0.5) is 10.1 Å². The summed E-state index contributed by atoms with van der Waals surface area (Å²) >= 11 is 0. The second-order valence-corrected chi connectivity index (χ2v) is 4.99. The molecule has 0 aliphatic carbocycles. The first-order valence-electron chi connectivity index (χ1n) is 6.75. The number of hydrogen-bond acceptors (Lipinski definition) is 3. The van der Waals surface area contributed by atoms with Crippen molar-refractivity contribution in [3.8, 4) is 0 Å². The fourth-order valence-corrected chi connectivity index (χ4v) is 2.17. The molecule has 0 bridgehead atoms. The maximum absolute atomic E-state index is 13.3. The molecule has 1 N–H and O–H groups in total. The van der Waals surface area contributed by atoms with E-state index in [4.69, 9.17) is 0 Å². The zero-order valence-corrected chi connectivity index (χ0v) is 11.8. The van der Waals surface area contributed by atoms with Crippen molar-refractivity contribution in [3.63, 3.8) is 0 Å². The monoisotopic (exact) mass is 288 g/mol. The third kappa shape index (κ3) is 4.65. The van der Waals surface area contributed by atoms with E-state index in [1.54, 1.807) is 0 Å². The van der Waals surface area contributed by atoms with Gasteiger partial charge < -0.3 is 5.32 Å². The van der Waals surface area contributed by atoms with Gasteiger partial charge in [-0.3, -0.25) is 10.1 Å². The topological polar surface area (TPSA) is 55.2 Å². The van der Waals surface area contributed by atoms with E-state index in [0.717, 1.165) is 19.0 Å². The van der Waals surface area contributed by atoms with Crippen molar-refractivity contribution in [3.05, 3.63) is 75.1 Å². The van der Waals surface area contributed by atoms with E-state index in [2.05, 4.69) is 17.4 Å². The van der Waals surface area contributed by atoms with Gasteiger partial charge in [-0.15, -0.1) is 0 Å². The van der Waals surface area contributed by atoms with E-state index >= 15 is 0 Å². The lowest BCUT2D eigenvalue weighted by Crippen LogP contribution is -2.17. The summed E-state index contributed by atoms with van der Waals surface area (Å²) in [6.07, 6.45) is 0.860. The lowest BCUT2D eigenvalue weighted by Gasteiger charge is -2.06. The van der Waals surface area contributed by atoms with Crippen LogP contribution in [0.15, 0.2) is 42.5 Å². The zero-order valence-electron chi connectivity index (χ0n) is 11.8. The van der Waals surface area contributed by atoms with Gasteiger partial charge in [-0.25, -0.2) is 4.39 Å². The van der Waals surface area contributed by atoms with Gasteiger partial charge in [0.05, 0.1) is 11.0 Å². The van der Waals surface area contributed by atoms with Crippen LogP contribution in [-0.2, 0) is 13.0 Å². The van der Waals surface area contributed by atoms with Crippen molar-refractivity contribution < 1.29 is 9.31 Å². The summed E-state index contributed by atoms with van der Waals surface area (Å²) < 4.78 is 13.3. The molecule has 2 aromatic rings. The van der Waals surface area contributed by atoms with Gasteiger partial charge >= 0.3 is 0 Å². The second-order valence-electron chi connectivity index (χ2n) is 4.99. The van der Waals surface area contributed by atoms with Gasteiger partial charge in [-0.2, -0.15) is 0 Å². The SMILES string of the molecule is Cc1cccc(CCNCc2cc(F)cc([N+](=O)[O-])c2)c1. The standard InChI is InChI=1S/C16H17FN2O2/c1-12-3-2-4-13(7-12)5-6-18-11-14-8-15(17)10-16(9-14)19(20)21/h2-4,7-10,18H,5-6,11H2,1H3. The van der Waals surface area contributed by atoms with E-state index in [0.29, 0.717) is 12.1 Å². The zero-order chi connectivity index (χ0) is 15.2. The molecule has 0 unspecified atom stereocenters. The molecule has 0 aliphatic heterocycles. The molecule has 21 heavy (non-hydrogen) atoms.